The quantitative estimate of drug-likeness (QED) is 0.780. The van der Waals surface area contributed by atoms with Crippen LogP contribution in [0.1, 0.15) is 36.8 Å². The Kier molecular flexibility index (Phi) is 5.62. The maximum atomic E-state index is 11.9. The molecule has 1 aromatic rings. The van der Waals surface area contributed by atoms with Crippen LogP contribution in [0.5, 0.6) is 0 Å². The number of carbonyl (C=O) groups is 1. The summed E-state index contributed by atoms with van der Waals surface area (Å²) in [7, 11) is 0. The number of aliphatic hydroxyl groups excluding tert-OH is 1. The molecular weight excluding hydrogens is 264 g/mol. The lowest BCUT2D eigenvalue weighted by molar-refractivity contribution is -0.119. The summed E-state index contributed by atoms with van der Waals surface area (Å²) in [6.45, 7) is 5.04. The molecule has 1 aromatic carbocycles. The number of anilines is 1. The normalized spacial score (nSPS) is 21.9. The van der Waals surface area contributed by atoms with Crippen molar-refractivity contribution in [3.8, 4) is 0 Å². The Hall–Kier alpha value is -1.55. The second-order valence-corrected chi connectivity index (χ2v) is 6.11. The molecule has 3 N–H and O–H groups in total. The van der Waals surface area contributed by atoms with Crippen molar-refractivity contribution in [2.75, 3.05) is 18.4 Å². The zero-order chi connectivity index (χ0) is 15.2. The highest BCUT2D eigenvalue weighted by Gasteiger charge is 2.20. The molecule has 2 atom stereocenters. The van der Waals surface area contributed by atoms with Crippen molar-refractivity contribution < 1.29 is 9.90 Å². The van der Waals surface area contributed by atoms with Gasteiger partial charge in [0.15, 0.2) is 0 Å². The summed E-state index contributed by atoms with van der Waals surface area (Å²) >= 11 is 0. The number of carbonyl (C=O) groups excluding carboxylic acids is 1. The van der Waals surface area contributed by atoms with E-state index in [1.54, 1.807) is 0 Å². The van der Waals surface area contributed by atoms with Gasteiger partial charge in [0, 0.05) is 12.2 Å². The Balaban J connectivity index is 1.75. The van der Waals surface area contributed by atoms with Gasteiger partial charge in [0.05, 0.1) is 12.6 Å². The summed E-state index contributed by atoms with van der Waals surface area (Å²) in [6.07, 6.45) is 3.68. The first-order valence-electron chi connectivity index (χ1n) is 7.81. The van der Waals surface area contributed by atoms with E-state index in [-0.39, 0.29) is 12.0 Å². The van der Waals surface area contributed by atoms with E-state index in [2.05, 4.69) is 10.6 Å². The maximum Gasteiger partial charge on any atom is 0.239 e. The fourth-order valence-corrected chi connectivity index (χ4v) is 3.03. The Labute approximate surface area is 126 Å². The van der Waals surface area contributed by atoms with Crippen molar-refractivity contribution in [3.05, 3.63) is 29.3 Å². The molecule has 0 bridgehead atoms. The monoisotopic (exact) mass is 290 g/mol. The molecule has 1 amide bonds. The van der Waals surface area contributed by atoms with E-state index in [9.17, 15) is 9.90 Å². The van der Waals surface area contributed by atoms with Crippen LogP contribution < -0.4 is 10.6 Å². The molecule has 1 aliphatic carbocycles. The number of aliphatic hydroxyl groups is 1. The average Bonchev–Trinajstić information content (AvgIpc) is 2.45. The van der Waals surface area contributed by atoms with E-state index in [1.165, 1.54) is 0 Å². The third-order valence-corrected chi connectivity index (χ3v) is 4.25. The van der Waals surface area contributed by atoms with Crippen molar-refractivity contribution in [2.45, 2.75) is 45.6 Å². The van der Waals surface area contributed by atoms with Gasteiger partial charge in [-0.2, -0.15) is 0 Å². The van der Waals surface area contributed by atoms with Crippen molar-refractivity contribution in [1.82, 2.24) is 5.32 Å². The smallest absolute Gasteiger partial charge is 0.239 e. The number of para-hydroxylation sites is 1. The lowest BCUT2D eigenvalue weighted by atomic mass is 9.87. The largest absolute Gasteiger partial charge is 0.393 e. The van der Waals surface area contributed by atoms with Crippen LogP contribution in [-0.4, -0.2) is 30.2 Å². The van der Waals surface area contributed by atoms with Gasteiger partial charge in [0.1, 0.15) is 0 Å². The predicted octanol–water partition coefficient (Wildman–Crippen LogP) is 2.38. The van der Waals surface area contributed by atoms with Crippen LogP contribution in [0, 0.1) is 19.8 Å². The van der Waals surface area contributed by atoms with E-state index in [0.29, 0.717) is 19.0 Å². The number of hydrogen-bond donors (Lipinski definition) is 3. The molecular formula is C17H26N2O2. The second-order valence-electron chi connectivity index (χ2n) is 6.11. The SMILES string of the molecule is Cc1cccc(C)c1NCC(=O)NCC1CCCC(O)C1. The Morgan fingerprint density at radius 3 is 2.67 bits per heavy atom. The molecule has 116 valence electrons. The Bertz CT molecular complexity index is 467. The van der Waals surface area contributed by atoms with Gasteiger partial charge in [-0.1, -0.05) is 24.6 Å². The van der Waals surface area contributed by atoms with Gasteiger partial charge in [-0.3, -0.25) is 4.79 Å². The number of rotatable bonds is 5. The second kappa shape index (κ2) is 7.46. The minimum atomic E-state index is -0.187. The highest BCUT2D eigenvalue weighted by molar-refractivity contribution is 5.81. The number of benzene rings is 1. The molecule has 0 aromatic heterocycles. The Morgan fingerprint density at radius 1 is 1.29 bits per heavy atom. The number of nitrogens with one attached hydrogen (secondary N) is 2. The fourth-order valence-electron chi connectivity index (χ4n) is 3.03. The summed E-state index contributed by atoms with van der Waals surface area (Å²) in [5.41, 5.74) is 3.34. The summed E-state index contributed by atoms with van der Waals surface area (Å²) in [5, 5.41) is 15.8. The number of amides is 1. The molecule has 2 unspecified atom stereocenters. The average molecular weight is 290 g/mol. The first kappa shape index (κ1) is 15.8. The van der Waals surface area contributed by atoms with Crippen molar-refractivity contribution in [2.24, 2.45) is 5.92 Å². The molecule has 0 heterocycles. The van der Waals surface area contributed by atoms with E-state index >= 15 is 0 Å². The van der Waals surface area contributed by atoms with Crippen LogP contribution in [-0.2, 0) is 4.79 Å². The summed E-state index contributed by atoms with van der Waals surface area (Å²) in [5.74, 6) is 0.426. The molecule has 4 heteroatoms. The van der Waals surface area contributed by atoms with Crippen LogP contribution in [0.15, 0.2) is 18.2 Å². The van der Waals surface area contributed by atoms with E-state index < -0.39 is 0 Å². The van der Waals surface area contributed by atoms with E-state index in [0.717, 1.165) is 42.5 Å². The van der Waals surface area contributed by atoms with Crippen LogP contribution in [0.3, 0.4) is 0 Å². The maximum absolute atomic E-state index is 11.9. The van der Waals surface area contributed by atoms with Gasteiger partial charge >= 0.3 is 0 Å². The molecule has 0 saturated heterocycles. The first-order valence-corrected chi connectivity index (χ1v) is 7.81. The van der Waals surface area contributed by atoms with Gasteiger partial charge in [0.2, 0.25) is 5.91 Å². The van der Waals surface area contributed by atoms with Gasteiger partial charge < -0.3 is 15.7 Å². The lowest BCUT2D eigenvalue weighted by Crippen LogP contribution is -2.36. The number of hydrogen-bond acceptors (Lipinski definition) is 3. The summed E-state index contributed by atoms with van der Waals surface area (Å²) in [6, 6.07) is 6.09. The molecule has 21 heavy (non-hydrogen) atoms. The highest BCUT2D eigenvalue weighted by Crippen LogP contribution is 2.23. The molecule has 1 fully saturated rings. The van der Waals surface area contributed by atoms with Crippen LogP contribution >= 0.6 is 0 Å². The predicted molar refractivity (Wildman–Crippen MR) is 85.4 cm³/mol. The minimum Gasteiger partial charge on any atom is -0.393 e. The Morgan fingerprint density at radius 2 is 2.00 bits per heavy atom. The highest BCUT2D eigenvalue weighted by atomic mass is 16.3. The molecule has 0 aliphatic heterocycles. The fraction of sp³-hybridized carbons (Fsp3) is 0.588. The van der Waals surface area contributed by atoms with Gasteiger partial charge in [-0.15, -0.1) is 0 Å². The zero-order valence-electron chi connectivity index (χ0n) is 13.0. The molecule has 4 nitrogen and oxygen atoms in total. The van der Waals surface area contributed by atoms with Crippen LogP contribution in [0.4, 0.5) is 5.69 Å². The zero-order valence-corrected chi connectivity index (χ0v) is 13.0. The lowest BCUT2D eigenvalue weighted by Gasteiger charge is -2.26. The summed E-state index contributed by atoms with van der Waals surface area (Å²) in [4.78, 5) is 11.9. The molecule has 1 saturated carbocycles. The van der Waals surface area contributed by atoms with Gasteiger partial charge in [-0.25, -0.2) is 0 Å². The van der Waals surface area contributed by atoms with Crippen LogP contribution in [0.2, 0.25) is 0 Å². The molecule has 1 aliphatic rings. The topological polar surface area (TPSA) is 61.4 Å². The number of aryl methyl sites for hydroxylation is 2. The first-order chi connectivity index (χ1) is 10.1. The standard InChI is InChI=1S/C17H26N2O2/c1-12-5-3-6-13(2)17(12)19-11-16(21)18-10-14-7-4-8-15(20)9-14/h3,5-6,14-15,19-20H,4,7-11H2,1-2H3,(H,18,21). The van der Waals surface area contributed by atoms with Gasteiger partial charge in [-0.05, 0) is 50.2 Å². The van der Waals surface area contributed by atoms with Crippen molar-refractivity contribution in [3.63, 3.8) is 0 Å². The van der Waals surface area contributed by atoms with E-state index in [1.807, 2.05) is 32.0 Å². The third-order valence-electron chi connectivity index (χ3n) is 4.25. The van der Waals surface area contributed by atoms with Gasteiger partial charge in [0.25, 0.3) is 0 Å². The van der Waals surface area contributed by atoms with E-state index in [4.69, 9.17) is 0 Å². The molecule has 2 rings (SSSR count). The van der Waals surface area contributed by atoms with Crippen molar-refractivity contribution >= 4 is 11.6 Å². The molecule has 0 spiro atoms. The molecule has 0 radical (unpaired) electrons. The van der Waals surface area contributed by atoms with Crippen molar-refractivity contribution in [1.29, 1.82) is 0 Å². The third kappa shape index (κ3) is 4.74. The van der Waals surface area contributed by atoms with Crippen LogP contribution in [0.25, 0.3) is 0 Å². The summed E-state index contributed by atoms with van der Waals surface area (Å²) < 4.78 is 0. The minimum absolute atomic E-state index is 0.0118.